The Morgan fingerprint density at radius 3 is 2.19 bits per heavy atom. The van der Waals surface area contributed by atoms with E-state index in [1.807, 2.05) is 19.0 Å². The maximum absolute atomic E-state index is 13.7. The lowest BCUT2D eigenvalue weighted by atomic mass is 9.77. The van der Waals surface area contributed by atoms with E-state index in [2.05, 4.69) is 46.3 Å². The number of hydrogen-bond donors (Lipinski definition) is 2. The van der Waals surface area contributed by atoms with E-state index in [9.17, 15) is 14.7 Å². The number of piperazine rings is 1. The van der Waals surface area contributed by atoms with Gasteiger partial charge in [-0.05, 0) is 49.8 Å². The van der Waals surface area contributed by atoms with E-state index in [4.69, 9.17) is 0 Å². The second-order valence-electron chi connectivity index (χ2n) is 11.2. The van der Waals surface area contributed by atoms with E-state index in [-0.39, 0.29) is 36.6 Å². The molecule has 1 aromatic rings. The van der Waals surface area contributed by atoms with E-state index in [1.165, 1.54) is 11.3 Å². The minimum atomic E-state index is -0.835. The van der Waals surface area contributed by atoms with Crippen molar-refractivity contribution in [1.82, 2.24) is 15.1 Å². The summed E-state index contributed by atoms with van der Waals surface area (Å²) in [6.45, 7) is 5.15. The van der Waals surface area contributed by atoms with Crippen LogP contribution >= 0.6 is 24.8 Å². The zero-order valence-electron chi connectivity index (χ0n) is 22.7. The fourth-order valence-electron chi connectivity index (χ4n) is 6.18. The number of aliphatic hydroxyl groups is 1. The Kier molecular flexibility index (Phi) is 11.6. The summed E-state index contributed by atoms with van der Waals surface area (Å²) in [6.07, 6.45) is 8.06. The van der Waals surface area contributed by atoms with Crippen molar-refractivity contribution >= 4 is 42.3 Å². The zero-order chi connectivity index (χ0) is 25.1. The highest BCUT2D eigenvalue weighted by Crippen LogP contribution is 2.37. The summed E-state index contributed by atoms with van der Waals surface area (Å²) in [5.74, 6) is -0.0163. The molecule has 2 saturated heterocycles. The first kappa shape index (κ1) is 31.7. The average Bonchev–Trinajstić information content (AvgIpc) is 2.84. The zero-order valence-corrected chi connectivity index (χ0v) is 24.3. The van der Waals surface area contributed by atoms with Crippen LogP contribution in [0.4, 0.5) is 5.69 Å². The number of nitrogens with zero attached hydrogens (tertiary/aromatic N) is 3. The Labute approximate surface area is 235 Å². The molecule has 1 aliphatic carbocycles. The first-order valence-electron chi connectivity index (χ1n) is 13.6. The quantitative estimate of drug-likeness (QED) is 0.503. The van der Waals surface area contributed by atoms with Gasteiger partial charge in [-0.15, -0.1) is 24.8 Å². The molecule has 210 valence electrons. The fraction of sp³-hybridized carbons (Fsp3) is 0.714. The van der Waals surface area contributed by atoms with Crippen LogP contribution in [0.3, 0.4) is 0 Å². The van der Waals surface area contributed by atoms with E-state index in [1.54, 1.807) is 0 Å². The molecule has 3 fully saturated rings. The Morgan fingerprint density at radius 2 is 1.62 bits per heavy atom. The summed E-state index contributed by atoms with van der Waals surface area (Å²) in [5, 5.41) is 14.2. The van der Waals surface area contributed by atoms with Gasteiger partial charge in [0.05, 0.1) is 5.60 Å². The van der Waals surface area contributed by atoms with E-state index in [0.29, 0.717) is 25.8 Å². The molecule has 9 heteroatoms. The van der Waals surface area contributed by atoms with Gasteiger partial charge in [0.1, 0.15) is 11.6 Å². The number of halogens is 2. The Morgan fingerprint density at radius 1 is 1.00 bits per heavy atom. The number of unbranched alkanes of at least 4 members (excludes halogenated alkanes) is 1. The van der Waals surface area contributed by atoms with Crippen LogP contribution in [0.2, 0.25) is 0 Å². The molecule has 2 aliphatic heterocycles. The van der Waals surface area contributed by atoms with Crippen LogP contribution in [0.5, 0.6) is 0 Å². The molecule has 2 amide bonds. The van der Waals surface area contributed by atoms with Crippen LogP contribution < -0.4 is 10.2 Å². The fourth-order valence-corrected chi connectivity index (χ4v) is 6.18. The summed E-state index contributed by atoms with van der Waals surface area (Å²) in [4.78, 5) is 33.7. The normalized spacial score (nSPS) is 23.1. The number of benzene rings is 1. The van der Waals surface area contributed by atoms with Gasteiger partial charge < -0.3 is 20.2 Å². The first-order chi connectivity index (χ1) is 16.8. The van der Waals surface area contributed by atoms with Crippen LogP contribution in [-0.4, -0.2) is 77.6 Å². The molecule has 1 spiro atoms. The Balaban J connectivity index is 0.00000241. The molecule has 4 rings (SSSR count). The third-order valence-electron chi connectivity index (χ3n) is 8.45. The summed E-state index contributed by atoms with van der Waals surface area (Å²) in [5.41, 5.74) is 0.851. The number of piperidine rings is 1. The Hall–Kier alpha value is -1.54. The largest absolute Gasteiger partial charge is 0.390 e. The number of carbonyl (C=O) groups is 2. The number of anilines is 1. The maximum Gasteiger partial charge on any atom is 0.246 e. The van der Waals surface area contributed by atoms with Gasteiger partial charge in [-0.3, -0.25) is 14.5 Å². The van der Waals surface area contributed by atoms with E-state index in [0.717, 1.165) is 64.6 Å². The number of carbonyl (C=O) groups excluding carboxylic acids is 2. The van der Waals surface area contributed by atoms with Crippen molar-refractivity contribution in [2.24, 2.45) is 0 Å². The molecular formula is C28H46Cl2N4O3. The third kappa shape index (κ3) is 7.11. The van der Waals surface area contributed by atoms with Crippen LogP contribution in [0, 0.1) is 0 Å². The minimum absolute atomic E-state index is 0. The second-order valence-corrected chi connectivity index (χ2v) is 11.2. The molecule has 2 N–H and O–H groups in total. The van der Waals surface area contributed by atoms with Gasteiger partial charge in [0.15, 0.2) is 0 Å². The molecule has 1 atom stereocenters. The van der Waals surface area contributed by atoms with Crippen molar-refractivity contribution < 1.29 is 14.7 Å². The van der Waals surface area contributed by atoms with Crippen LogP contribution in [0.15, 0.2) is 24.3 Å². The SMILES string of the molecule is CCCCN1C(=O)[C@@H](CC2(O)CCCCC2)NC(=O)C12CCN(Cc1ccc(N(C)C)cc1)CC2.Cl.Cl. The smallest absolute Gasteiger partial charge is 0.246 e. The number of hydrogen-bond acceptors (Lipinski definition) is 5. The molecule has 3 aliphatic rings. The lowest BCUT2D eigenvalue weighted by Crippen LogP contribution is -2.73. The average molecular weight is 558 g/mol. The molecule has 0 unspecified atom stereocenters. The van der Waals surface area contributed by atoms with E-state index < -0.39 is 17.2 Å². The Bertz CT molecular complexity index is 882. The van der Waals surface area contributed by atoms with Crippen molar-refractivity contribution in [3.05, 3.63) is 29.8 Å². The van der Waals surface area contributed by atoms with Crippen LogP contribution in [0.25, 0.3) is 0 Å². The van der Waals surface area contributed by atoms with Crippen molar-refractivity contribution in [3.63, 3.8) is 0 Å². The highest BCUT2D eigenvalue weighted by atomic mass is 35.5. The van der Waals surface area contributed by atoms with Gasteiger partial charge in [-0.1, -0.05) is 44.7 Å². The van der Waals surface area contributed by atoms with Crippen molar-refractivity contribution in [2.45, 2.75) is 94.9 Å². The summed E-state index contributed by atoms with van der Waals surface area (Å²) in [6, 6.07) is 8.01. The molecule has 0 radical (unpaired) electrons. The standard InChI is InChI=1S/C28H44N4O3.2ClH/c1-4-5-17-32-25(33)24(20-27(35)13-7-6-8-14-27)29-26(34)28(32)15-18-31(19-16-28)21-22-9-11-23(12-10-22)30(2)3;;/h9-12,24,35H,4-8,13-21H2,1-3H3,(H,29,34);2*1H/t24-;;/m1../s1. The van der Waals surface area contributed by atoms with E-state index >= 15 is 0 Å². The molecule has 37 heavy (non-hydrogen) atoms. The molecule has 1 saturated carbocycles. The van der Waals surface area contributed by atoms with Gasteiger partial charge in [0.25, 0.3) is 0 Å². The molecule has 7 nitrogen and oxygen atoms in total. The number of nitrogens with one attached hydrogen (secondary N) is 1. The minimum Gasteiger partial charge on any atom is -0.390 e. The van der Waals surface area contributed by atoms with Crippen LogP contribution in [-0.2, 0) is 16.1 Å². The predicted octanol–water partition coefficient (Wildman–Crippen LogP) is 4.14. The summed E-state index contributed by atoms with van der Waals surface area (Å²) < 4.78 is 0. The molecular weight excluding hydrogens is 511 g/mol. The predicted molar refractivity (Wildman–Crippen MR) is 154 cm³/mol. The molecule has 2 heterocycles. The van der Waals surface area contributed by atoms with Crippen molar-refractivity contribution in [3.8, 4) is 0 Å². The lowest BCUT2D eigenvalue weighted by molar-refractivity contribution is -0.163. The van der Waals surface area contributed by atoms with Gasteiger partial charge in [-0.25, -0.2) is 0 Å². The monoisotopic (exact) mass is 556 g/mol. The van der Waals surface area contributed by atoms with Crippen LogP contribution in [0.1, 0.15) is 76.7 Å². The summed E-state index contributed by atoms with van der Waals surface area (Å²) >= 11 is 0. The van der Waals surface area contributed by atoms with Gasteiger partial charge in [0.2, 0.25) is 11.8 Å². The third-order valence-corrected chi connectivity index (χ3v) is 8.45. The molecule has 1 aromatic carbocycles. The topological polar surface area (TPSA) is 76.1 Å². The van der Waals surface area contributed by atoms with Crippen molar-refractivity contribution in [1.29, 1.82) is 0 Å². The highest BCUT2D eigenvalue weighted by Gasteiger charge is 2.54. The molecule has 0 aromatic heterocycles. The first-order valence-corrected chi connectivity index (χ1v) is 13.6. The van der Waals surface area contributed by atoms with Gasteiger partial charge in [-0.2, -0.15) is 0 Å². The second kappa shape index (κ2) is 13.5. The highest BCUT2D eigenvalue weighted by molar-refractivity contribution is 6.00. The molecule has 0 bridgehead atoms. The lowest BCUT2D eigenvalue weighted by Gasteiger charge is -2.52. The van der Waals surface area contributed by atoms with Crippen molar-refractivity contribution in [2.75, 3.05) is 38.6 Å². The van der Waals surface area contributed by atoms with Gasteiger partial charge >= 0.3 is 0 Å². The van der Waals surface area contributed by atoms with Gasteiger partial charge in [0, 0.05) is 52.4 Å². The number of amides is 2. The number of rotatable bonds is 8. The maximum atomic E-state index is 13.7. The summed E-state index contributed by atoms with van der Waals surface area (Å²) in [7, 11) is 4.08. The number of likely N-dealkylation sites (tertiary alicyclic amines) is 1.